The van der Waals surface area contributed by atoms with E-state index in [4.69, 9.17) is 4.74 Å². The molecule has 0 aliphatic carbocycles. The van der Waals surface area contributed by atoms with Crippen LogP contribution in [0, 0.1) is 5.82 Å². The van der Waals surface area contributed by atoms with Crippen molar-refractivity contribution in [3.63, 3.8) is 0 Å². The predicted molar refractivity (Wildman–Crippen MR) is 81.3 cm³/mol. The summed E-state index contributed by atoms with van der Waals surface area (Å²) in [5.74, 6) is -0.844. The second kappa shape index (κ2) is 5.60. The van der Waals surface area contributed by atoms with Gasteiger partial charge >= 0.3 is 5.97 Å². The van der Waals surface area contributed by atoms with Gasteiger partial charge in [-0.15, -0.1) is 0 Å². The van der Waals surface area contributed by atoms with E-state index in [0.717, 1.165) is 5.69 Å². The third-order valence-corrected chi connectivity index (χ3v) is 3.74. The molecule has 1 aromatic heterocycles. The van der Waals surface area contributed by atoms with Crippen molar-refractivity contribution in [3.8, 4) is 5.69 Å². The highest BCUT2D eigenvalue weighted by Gasteiger charge is 2.29. The first kappa shape index (κ1) is 15.7. The number of methoxy groups -OCH3 is 1. The van der Waals surface area contributed by atoms with Crippen molar-refractivity contribution in [2.24, 2.45) is 0 Å². The fourth-order valence-corrected chi connectivity index (χ4v) is 3.05. The lowest BCUT2D eigenvalue weighted by molar-refractivity contribution is 0.0592. The van der Waals surface area contributed by atoms with Gasteiger partial charge in [-0.1, -0.05) is 20.8 Å². The summed E-state index contributed by atoms with van der Waals surface area (Å²) in [7, 11) is 1.31. The molecule has 21 heavy (non-hydrogen) atoms. The summed E-state index contributed by atoms with van der Waals surface area (Å²) in [6, 6.07) is 5.94. The molecule has 0 atom stereocenters. The van der Waals surface area contributed by atoms with Crippen LogP contribution in [0.25, 0.3) is 5.69 Å². The molecule has 0 fully saturated rings. The number of carbonyl (C=O) groups excluding carboxylic acids is 1. The lowest BCUT2D eigenvalue weighted by Gasteiger charge is -2.21. The molecule has 2 rings (SSSR count). The second-order valence-electron chi connectivity index (χ2n) is 5.64. The summed E-state index contributed by atoms with van der Waals surface area (Å²) >= 11 is 3.43. The zero-order chi connectivity index (χ0) is 15.8. The van der Waals surface area contributed by atoms with Crippen molar-refractivity contribution in [3.05, 3.63) is 45.9 Å². The molecule has 2 aromatic rings. The van der Waals surface area contributed by atoms with Crippen molar-refractivity contribution >= 4 is 21.9 Å². The smallest absolute Gasteiger partial charge is 0.359 e. The standard InChI is InChI=1S/C15H16BrFN2O2/c1-15(2,3)13-11(16)12(14(20)21-4)18-19(13)10-7-5-9(17)6-8-10/h5-8H,1-4H3. The second-order valence-corrected chi connectivity index (χ2v) is 6.43. The monoisotopic (exact) mass is 354 g/mol. The molecule has 1 heterocycles. The van der Waals surface area contributed by atoms with Crippen LogP contribution < -0.4 is 0 Å². The van der Waals surface area contributed by atoms with E-state index in [1.54, 1.807) is 16.8 Å². The lowest BCUT2D eigenvalue weighted by atomic mass is 9.91. The highest BCUT2D eigenvalue weighted by Crippen LogP contribution is 2.34. The van der Waals surface area contributed by atoms with Gasteiger partial charge < -0.3 is 4.74 Å². The molecule has 0 radical (unpaired) electrons. The first-order valence-electron chi connectivity index (χ1n) is 6.39. The summed E-state index contributed by atoms with van der Waals surface area (Å²) < 4.78 is 20.1. The normalized spacial score (nSPS) is 11.5. The molecule has 0 amide bonds. The zero-order valence-electron chi connectivity index (χ0n) is 12.3. The van der Waals surface area contributed by atoms with E-state index in [-0.39, 0.29) is 16.9 Å². The van der Waals surface area contributed by atoms with Crippen LogP contribution in [0.1, 0.15) is 37.0 Å². The van der Waals surface area contributed by atoms with Crippen molar-refractivity contribution in [1.29, 1.82) is 0 Å². The largest absolute Gasteiger partial charge is 0.464 e. The number of hydrogen-bond donors (Lipinski definition) is 0. The molecule has 4 nitrogen and oxygen atoms in total. The molecule has 0 N–H and O–H groups in total. The Morgan fingerprint density at radius 3 is 2.33 bits per heavy atom. The van der Waals surface area contributed by atoms with Gasteiger partial charge in [-0.3, -0.25) is 0 Å². The molecule has 0 aliphatic heterocycles. The summed E-state index contributed by atoms with van der Waals surface area (Å²) in [6.45, 7) is 6.03. The van der Waals surface area contributed by atoms with Gasteiger partial charge in [0.1, 0.15) is 5.82 Å². The maximum Gasteiger partial charge on any atom is 0.359 e. The van der Waals surface area contributed by atoms with Crippen molar-refractivity contribution in [1.82, 2.24) is 9.78 Å². The van der Waals surface area contributed by atoms with E-state index >= 15 is 0 Å². The van der Waals surface area contributed by atoms with Crippen LogP contribution in [0.4, 0.5) is 4.39 Å². The molecule has 0 saturated heterocycles. The molecule has 0 aliphatic rings. The summed E-state index contributed by atoms with van der Waals surface area (Å²) in [5, 5.41) is 4.32. The van der Waals surface area contributed by atoms with Crippen molar-refractivity contribution in [2.45, 2.75) is 26.2 Å². The number of benzene rings is 1. The maximum atomic E-state index is 13.1. The van der Waals surface area contributed by atoms with Gasteiger partial charge in [0.05, 0.1) is 23.0 Å². The Hall–Kier alpha value is -1.69. The SMILES string of the molecule is COC(=O)c1nn(-c2ccc(F)cc2)c(C(C)(C)C)c1Br. The molecule has 0 spiro atoms. The number of ether oxygens (including phenoxy) is 1. The number of halogens is 2. The molecule has 0 saturated carbocycles. The molecule has 6 heteroatoms. The average Bonchev–Trinajstić information content (AvgIpc) is 2.76. The van der Waals surface area contributed by atoms with E-state index in [2.05, 4.69) is 21.0 Å². The van der Waals surface area contributed by atoms with Crippen LogP contribution in [0.15, 0.2) is 28.7 Å². The summed E-state index contributed by atoms with van der Waals surface area (Å²) in [5.41, 5.74) is 1.42. The van der Waals surface area contributed by atoms with Gasteiger partial charge in [-0.05, 0) is 40.2 Å². The van der Waals surface area contributed by atoms with Crippen LogP contribution in [0.2, 0.25) is 0 Å². The van der Waals surface area contributed by atoms with E-state index in [0.29, 0.717) is 10.2 Å². The summed E-state index contributed by atoms with van der Waals surface area (Å²) in [6.07, 6.45) is 0. The van der Waals surface area contributed by atoms with Crippen LogP contribution in [-0.2, 0) is 10.2 Å². The van der Waals surface area contributed by atoms with E-state index in [1.807, 2.05) is 20.8 Å². The molecular weight excluding hydrogens is 339 g/mol. The Morgan fingerprint density at radius 1 is 1.29 bits per heavy atom. The van der Waals surface area contributed by atoms with Gasteiger partial charge in [0.15, 0.2) is 5.69 Å². The molecule has 0 unspecified atom stereocenters. The number of carbonyl (C=O) groups is 1. The third kappa shape index (κ3) is 3.00. The Kier molecular flexibility index (Phi) is 4.18. The molecule has 112 valence electrons. The van der Waals surface area contributed by atoms with Gasteiger partial charge in [0, 0.05) is 5.41 Å². The topological polar surface area (TPSA) is 44.1 Å². The van der Waals surface area contributed by atoms with Crippen LogP contribution in [0.5, 0.6) is 0 Å². The Morgan fingerprint density at radius 2 is 1.86 bits per heavy atom. The molecule has 1 aromatic carbocycles. The van der Waals surface area contributed by atoms with Gasteiger partial charge in [0.2, 0.25) is 0 Å². The number of hydrogen-bond acceptors (Lipinski definition) is 3. The Labute approximate surface area is 131 Å². The third-order valence-electron chi connectivity index (χ3n) is 2.99. The minimum atomic E-state index is -0.520. The Bertz CT molecular complexity index is 672. The van der Waals surface area contributed by atoms with Gasteiger partial charge in [-0.2, -0.15) is 5.10 Å². The van der Waals surface area contributed by atoms with Crippen molar-refractivity contribution < 1.29 is 13.9 Å². The number of esters is 1. The van der Waals surface area contributed by atoms with Crippen LogP contribution in [0.3, 0.4) is 0 Å². The lowest BCUT2D eigenvalue weighted by Crippen LogP contribution is -2.18. The first-order chi connectivity index (χ1) is 9.75. The van der Waals surface area contributed by atoms with Crippen LogP contribution >= 0.6 is 15.9 Å². The first-order valence-corrected chi connectivity index (χ1v) is 7.18. The van der Waals surface area contributed by atoms with Crippen LogP contribution in [-0.4, -0.2) is 22.9 Å². The number of aromatic nitrogens is 2. The van der Waals surface area contributed by atoms with E-state index in [1.165, 1.54) is 19.2 Å². The van der Waals surface area contributed by atoms with Gasteiger partial charge in [-0.25, -0.2) is 13.9 Å². The molecule has 0 bridgehead atoms. The summed E-state index contributed by atoms with van der Waals surface area (Å²) in [4.78, 5) is 11.8. The minimum Gasteiger partial charge on any atom is -0.464 e. The molecular formula is C15H16BrFN2O2. The van der Waals surface area contributed by atoms with Gasteiger partial charge in [0.25, 0.3) is 0 Å². The minimum absolute atomic E-state index is 0.201. The number of rotatable bonds is 2. The predicted octanol–water partition coefficient (Wildman–Crippen LogP) is 3.86. The van der Waals surface area contributed by atoms with E-state index in [9.17, 15) is 9.18 Å². The highest BCUT2D eigenvalue weighted by atomic mass is 79.9. The average molecular weight is 355 g/mol. The fourth-order valence-electron chi connectivity index (χ4n) is 2.04. The fraction of sp³-hybridized carbons (Fsp3) is 0.333. The highest BCUT2D eigenvalue weighted by molar-refractivity contribution is 9.10. The maximum absolute atomic E-state index is 13.1. The number of nitrogens with zero attached hydrogens (tertiary/aromatic N) is 2. The van der Waals surface area contributed by atoms with Crippen molar-refractivity contribution in [2.75, 3.05) is 7.11 Å². The zero-order valence-corrected chi connectivity index (χ0v) is 13.9. The Balaban J connectivity index is 2.69. The van der Waals surface area contributed by atoms with E-state index < -0.39 is 5.97 Å². The quantitative estimate of drug-likeness (QED) is 0.769.